The highest BCUT2D eigenvalue weighted by molar-refractivity contribution is 6.00. The van der Waals surface area contributed by atoms with Gasteiger partial charge in [0, 0.05) is 49.8 Å². The van der Waals surface area contributed by atoms with Crippen molar-refractivity contribution in [3.05, 3.63) is 41.6 Å². The third-order valence-corrected chi connectivity index (χ3v) is 11.0. The summed E-state index contributed by atoms with van der Waals surface area (Å²) in [6.45, 7) is 6.65. The molecule has 5 atom stereocenters. The Morgan fingerprint density at radius 1 is 1.06 bits per heavy atom. The van der Waals surface area contributed by atoms with Crippen LogP contribution in [0.2, 0.25) is 0 Å². The van der Waals surface area contributed by atoms with Crippen molar-refractivity contribution in [2.45, 2.75) is 103 Å². The number of methoxy groups -OCH3 is 2. The molecule has 0 spiro atoms. The molecule has 1 aromatic carbocycles. The summed E-state index contributed by atoms with van der Waals surface area (Å²) in [5.74, 6) is 1.34. The molecule has 6 heterocycles. The van der Waals surface area contributed by atoms with Gasteiger partial charge in [-0.25, -0.2) is 9.97 Å². The number of imidazole rings is 1. The van der Waals surface area contributed by atoms with Crippen LogP contribution in [0.15, 0.2) is 30.3 Å². The van der Waals surface area contributed by atoms with Gasteiger partial charge in [0.15, 0.2) is 5.82 Å². The summed E-state index contributed by atoms with van der Waals surface area (Å²) in [5, 5.41) is 4.20. The van der Waals surface area contributed by atoms with Crippen LogP contribution < -0.4 is 15.8 Å². The predicted molar refractivity (Wildman–Crippen MR) is 181 cm³/mol. The van der Waals surface area contributed by atoms with Gasteiger partial charge >= 0.3 is 0 Å². The first kappa shape index (κ1) is 31.6. The third kappa shape index (κ3) is 5.18. The normalized spacial score (nSPS) is 26.2. The van der Waals surface area contributed by atoms with Crippen molar-refractivity contribution >= 4 is 33.9 Å². The average molecular weight is 642 g/mol. The van der Waals surface area contributed by atoms with E-state index in [2.05, 4.69) is 26.6 Å². The SMILES string of the molecule is COc1cc(C(=O)N2[C@H]3CC[C@@H]2[C@H](N)C3)cc2nc(-c3cc4ccc5nc4n3CCCCC[C@@H](OC)C(C)(C)C(=O)N[C@@H]5C)n(C)c12. The molecule has 3 aromatic heterocycles. The molecule has 250 valence electrons. The number of benzene rings is 1. The van der Waals surface area contributed by atoms with E-state index in [1.54, 1.807) is 14.2 Å². The monoisotopic (exact) mass is 641 g/mol. The van der Waals surface area contributed by atoms with E-state index in [1.165, 1.54) is 0 Å². The molecule has 11 heteroatoms. The van der Waals surface area contributed by atoms with Gasteiger partial charge < -0.3 is 34.6 Å². The summed E-state index contributed by atoms with van der Waals surface area (Å²) in [7, 11) is 5.32. The highest BCUT2D eigenvalue weighted by Gasteiger charge is 2.47. The van der Waals surface area contributed by atoms with Crippen molar-refractivity contribution in [3.63, 3.8) is 0 Å². The van der Waals surface area contributed by atoms with Gasteiger partial charge in [-0.1, -0.05) is 12.8 Å². The number of aromatic nitrogens is 4. The molecule has 4 bridgehead atoms. The Morgan fingerprint density at radius 3 is 2.57 bits per heavy atom. The number of nitrogens with two attached hydrogens (primary N) is 1. The Kier molecular flexibility index (Phi) is 8.03. The van der Waals surface area contributed by atoms with Crippen molar-refractivity contribution in [3.8, 4) is 17.3 Å². The van der Waals surface area contributed by atoms with Gasteiger partial charge in [0.25, 0.3) is 5.91 Å². The number of ether oxygens (including phenoxy) is 2. The fourth-order valence-corrected chi connectivity index (χ4v) is 8.27. The van der Waals surface area contributed by atoms with Crippen molar-refractivity contribution in [2.24, 2.45) is 18.2 Å². The highest BCUT2D eigenvalue weighted by Crippen LogP contribution is 2.40. The van der Waals surface area contributed by atoms with Crippen molar-refractivity contribution < 1.29 is 19.1 Å². The molecule has 0 aliphatic carbocycles. The van der Waals surface area contributed by atoms with Crippen LogP contribution in [0.5, 0.6) is 5.75 Å². The van der Waals surface area contributed by atoms with Crippen LogP contribution in [-0.4, -0.2) is 74.3 Å². The minimum absolute atomic E-state index is 0.00262. The van der Waals surface area contributed by atoms with Gasteiger partial charge in [-0.2, -0.15) is 0 Å². The number of hydrogen-bond acceptors (Lipinski definition) is 7. The molecule has 11 nitrogen and oxygen atoms in total. The Bertz CT molecular complexity index is 1860. The van der Waals surface area contributed by atoms with Crippen LogP contribution in [0.1, 0.15) is 87.8 Å². The number of nitrogens with one attached hydrogen (secondary N) is 1. The lowest BCUT2D eigenvalue weighted by Gasteiger charge is -2.33. The largest absolute Gasteiger partial charge is 0.494 e. The first-order valence-electron chi connectivity index (χ1n) is 17.0. The Balaban J connectivity index is 1.30. The van der Waals surface area contributed by atoms with Crippen LogP contribution >= 0.6 is 0 Å². The van der Waals surface area contributed by atoms with Crippen LogP contribution in [0.25, 0.3) is 33.6 Å². The molecule has 3 aliphatic rings. The van der Waals surface area contributed by atoms with E-state index in [9.17, 15) is 9.59 Å². The second-order valence-electron chi connectivity index (χ2n) is 14.3. The minimum atomic E-state index is -0.669. The van der Waals surface area contributed by atoms with Gasteiger partial charge in [0.05, 0.1) is 41.6 Å². The smallest absolute Gasteiger partial charge is 0.254 e. The molecule has 3 aliphatic heterocycles. The Hall–Kier alpha value is -3.96. The maximum atomic E-state index is 13.8. The standard InChI is InChI=1S/C36H47N7O4/c1-20-25-13-11-21-17-28(42(32(21)39-25)15-9-7-8-10-30(47-6)36(2,3)35(45)38-20)33-40-26-16-22(18-29(46-5)31(26)41(33)4)34(44)43-23-12-14-27(43)24(37)19-23/h11,13,16-18,20,23-24,27,30H,7-10,12,14-15,19,37H2,1-6H3,(H,38,45)/t20-,23+,24-,27-,30-/m1/s1. The summed E-state index contributed by atoms with van der Waals surface area (Å²) >= 11 is 0. The van der Waals surface area contributed by atoms with Crippen LogP contribution in [0.3, 0.4) is 0 Å². The van der Waals surface area contributed by atoms with Crippen molar-refractivity contribution in [2.75, 3.05) is 14.2 Å². The molecule has 4 aromatic rings. The molecular weight excluding hydrogens is 594 g/mol. The molecule has 47 heavy (non-hydrogen) atoms. The van der Waals surface area contributed by atoms with Gasteiger partial charge in [-0.3, -0.25) is 9.59 Å². The number of hydrogen-bond donors (Lipinski definition) is 2. The first-order chi connectivity index (χ1) is 22.5. The average Bonchev–Trinajstić information content (AvgIpc) is 3.80. The second kappa shape index (κ2) is 11.9. The zero-order chi connectivity index (χ0) is 33.2. The molecule has 0 saturated carbocycles. The summed E-state index contributed by atoms with van der Waals surface area (Å²) in [5.41, 5.74) is 10.4. The molecule has 2 saturated heterocycles. The lowest BCUT2D eigenvalue weighted by molar-refractivity contribution is -0.138. The third-order valence-electron chi connectivity index (χ3n) is 11.0. The van der Waals surface area contributed by atoms with Crippen LogP contribution in [0, 0.1) is 5.41 Å². The molecule has 0 radical (unpaired) electrons. The molecule has 7 rings (SSSR count). The maximum absolute atomic E-state index is 13.8. The molecule has 0 unspecified atom stereocenters. The Labute approximate surface area is 275 Å². The highest BCUT2D eigenvalue weighted by atomic mass is 16.5. The van der Waals surface area contributed by atoms with Gasteiger partial charge in [0.2, 0.25) is 5.91 Å². The number of nitrogens with zero attached hydrogens (tertiary/aromatic N) is 5. The fraction of sp³-hybridized carbons (Fsp3) is 0.556. The summed E-state index contributed by atoms with van der Waals surface area (Å²) < 4.78 is 16.0. The van der Waals surface area contributed by atoms with Gasteiger partial charge in [-0.15, -0.1) is 0 Å². The number of rotatable bonds is 4. The number of amides is 2. The van der Waals surface area contributed by atoms with Gasteiger partial charge in [0.1, 0.15) is 16.9 Å². The van der Waals surface area contributed by atoms with E-state index in [0.717, 1.165) is 85.3 Å². The molecular formula is C36H47N7O4. The summed E-state index contributed by atoms with van der Waals surface area (Å²) in [6, 6.07) is 9.99. The van der Waals surface area contributed by atoms with E-state index in [-0.39, 0.29) is 42.1 Å². The van der Waals surface area contributed by atoms with Gasteiger partial charge in [-0.05, 0) is 83.2 Å². The number of aryl methyl sites for hydroxylation is 2. The number of carbonyl (C=O) groups excluding carboxylic acids is 2. The predicted octanol–water partition coefficient (Wildman–Crippen LogP) is 5.10. The van der Waals surface area contributed by atoms with Crippen LogP contribution in [-0.2, 0) is 23.1 Å². The number of pyridine rings is 1. The van der Waals surface area contributed by atoms with E-state index < -0.39 is 5.41 Å². The molecule has 2 fully saturated rings. The topological polar surface area (TPSA) is 130 Å². The minimum Gasteiger partial charge on any atom is -0.494 e. The fourth-order valence-electron chi connectivity index (χ4n) is 8.27. The zero-order valence-corrected chi connectivity index (χ0v) is 28.4. The lowest BCUT2D eigenvalue weighted by atomic mass is 9.82. The zero-order valence-electron chi connectivity index (χ0n) is 28.4. The quantitative estimate of drug-likeness (QED) is 0.317. The summed E-state index contributed by atoms with van der Waals surface area (Å²) in [4.78, 5) is 39.5. The lowest BCUT2D eigenvalue weighted by Crippen LogP contribution is -2.46. The first-order valence-corrected chi connectivity index (χ1v) is 17.0. The summed E-state index contributed by atoms with van der Waals surface area (Å²) in [6.07, 6.45) is 6.31. The molecule has 3 N–H and O–H groups in total. The van der Waals surface area contributed by atoms with E-state index in [4.69, 9.17) is 25.2 Å². The number of carbonyl (C=O) groups is 2. The van der Waals surface area contributed by atoms with E-state index >= 15 is 0 Å². The number of fused-ring (bicyclic) bond motifs is 4. The van der Waals surface area contributed by atoms with E-state index in [1.807, 2.05) is 50.9 Å². The Morgan fingerprint density at radius 2 is 1.87 bits per heavy atom. The van der Waals surface area contributed by atoms with E-state index in [0.29, 0.717) is 16.8 Å². The maximum Gasteiger partial charge on any atom is 0.254 e. The van der Waals surface area contributed by atoms with Crippen molar-refractivity contribution in [1.29, 1.82) is 0 Å². The molecule has 2 amide bonds. The van der Waals surface area contributed by atoms with Crippen LogP contribution in [0.4, 0.5) is 0 Å². The van der Waals surface area contributed by atoms with Crippen molar-refractivity contribution in [1.82, 2.24) is 29.3 Å². The second-order valence-corrected chi connectivity index (χ2v) is 14.3.